The number of carbonyl (C=O) groups excluding carboxylic acids is 1. The fraction of sp³-hybridized carbons (Fsp3) is 0.533. The van der Waals surface area contributed by atoms with Gasteiger partial charge in [0.05, 0.1) is 12.7 Å². The summed E-state index contributed by atoms with van der Waals surface area (Å²) >= 11 is 2.14. The average molecular weight is 401 g/mol. The van der Waals surface area contributed by atoms with Crippen LogP contribution in [-0.2, 0) is 0 Å². The molecule has 114 valence electrons. The van der Waals surface area contributed by atoms with Gasteiger partial charge in [-0.3, -0.25) is 4.79 Å². The molecule has 5 nitrogen and oxygen atoms in total. The normalized spacial score (nSPS) is 27.4. The number of piperidine rings is 3. The fourth-order valence-corrected chi connectivity index (χ4v) is 3.76. The molecule has 1 atom stereocenters. The van der Waals surface area contributed by atoms with Crippen LogP contribution in [0.5, 0.6) is 5.75 Å². The molecule has 1 aromatic rings. The van der Waals surface area contributed by atoms with Crippen LogP contribution in [0.2, 0.25) is 0 Å². The molecule has 0 aromatic heterocycles. The maximum atomic E-state index is 12.6. The van der Waals surface area contributed by atoms with Gasteiger partial charge in [0, 0.05) is 27.9 Å². The van der Waals surface area contributed by atoms with Gasteiger partial charge in [-0.1, -0.05) is 0 Å². The van der Waals surface area contributed by atoms with Crippen molar-refractivity contribution in [1.29, 1.82) is 0 Å². The van der Waals surface area contributed by atoms with Crippen molar-refractivity contribution in [2.75, 3.05) is 32.5 Å². The number of hydrogen-bond donors (Lipinski definition) is 2. The zero-order chi connectivity index (χ0) is 15.0. The third kappa shape index (κ3) is 2.96. The molecule has 3 N–H and O–H groups in total. The molecular formula is C15H20IN3O2. The van der Waals surface area contributed by atoms with E-state index in [1.54, 1.807) is 19.2 Å². The van der Waals surface area contributed by atoms with Gasteiger partial charge in [0.25, 0.3) is 5.91 Å². The highest BCUT2D eigenvalue weighted by molar-refractivity contribution is 14.1. The van der Waals surface area contributed by atoms with Gasteiger partial charge in [-0.25, -0.2) is 0 Å². The van der Waals surface area contributed by atoms with E-state index in [0.29, 0.717) is 22.9 Å². The van der Waals surface area contributed by atoms with Gasteiger partial charge in [0.2, 0.25) is 0 Å². The smallest absolute Gasteiger partial charge is 0.255 e. The van der Waals surface area contributed by atoms with Crippen LogP contribution in [0.1, 0.15) is 23.2 Å². The minimum Gasteiger partial charge on any atom is -0.496 e. The van der Waals surface area contributed by atoms with Crippen molar-refractivity contribution in [2.24, 2.45) is 5.92 Å². The average Bonchev–Trinajstić information content (AvgIpc) is 2.50. The number of nitrogens with two attached hydrogens (primary N) is 1. The number of hydrogen-bond acceptors (Lipinski definition) is 4. The second kappa shape index (κ2) is 6.00. The Morgan fingerprint density at radius 1 is 1.43 bits per heavy atom. The molecule has 4 rings (SSSR count). The number of nitrogen functional groups attached to an aromatic ring is 1. The Kier molecular flexibility index (Phi) is 4.26. The van der Waals surface area contributed by atoms with E-state index >= 15 is 0 Å². The predicted octanol–water partition coefficient (Wildman–Crippen LogP) is 1.71. The van der Waals surface area contributed by atoms with Gasteiger partial charge in [-0.2, -0.15) is 0 Å². The van der Waals surface area contributed by atoms with Crippen LogP contribution < -0.4 is 15.8 Å². The van der Waals surface area contributed by atoms with Gasteiger partial charge in [-0.05, 0) is 60.5 Å². The van der Waals surface area contributed by atoms with E-state index in [4.69, 9.17) is 10.5 Å². The molecule has 2 bridgehead atoms. The second-order valence-corrected chi connectivity index (χ2v) is 6.95. The summed E-state index contributed by atoms with van der Waals surface area (Å²) in [5.74, 6) is 1.08. The molecule has 3 aliphatic rings. The van der Waals surface area contributed by atoms with Gasteiger partial charge in [0.1, 0.15) is 5.75 Å². The van der Waals surface area contributed by atoms with Crippen molar-refractivity contribution < 1.29 is 9.53 Å². The van der Waals surface area contributed by atoms with Crippen molar-refractivity contribution in [3.05, 3.63) is 21.3 Å². The second-order valence-electron chi connectivity index (χ2n) is 5.79. The Hall–Kier alpha value is -1.02. The highest BCUT2D eigenvalue weighted by atomic mass is 127. The largest absolute Gasteiger partial charge is 0.496 e. The van der Waals surface area contributed by atoms with Crippen molar-refractivity contribution in [2.45, 2.75) is 18.9 Å². The first kappa shape index (κ1) is 14.9. The third-order valence-electron chi connectivity index (χ3n) is 4.54. The highest BCUT2D eigenvalue weighted by Crippen LogP contribution is 2.29. The number of halogens is 1. The lowest BCUT2D eigenvalue weighted by Crippen LogP contribution is -2.57. The van der Waals surface area contributed by atoms with Crippen LogP contribution in [-0.4, -0.2) is 43.6 Å². The molecule has 21 heavy (non-hydrogen) atoms. The first-order valence-electron chi connectivity index (χ1n) is 7.24. The molecule has 0 unspecified atom stereocenters. The zero-order valence-electron chi connectivity index (χ0n) is 12.1. The molecule has 0 saturated carbocycles. The minimum absolute atomic E-state index is 0.0662. The van der Waals surface area contributed by atoms with Crippen LogP contribution in [0, 0.1) is 9.49 Å². The van der Waals surface area contributed by atoms with E-state index in [2.05, 4.69) is 32.8 Å². The highest BCUT2D eigenvalue weighted by Gasteiger charge is 2.35. The fourth-order valence-electron chi connectivity index (χ4n) is 3.29. The molecule has 1 aromatic carbocycles. The summed E-state index contributed by atoms with van der Waals surface area (Å²) in [5, 5.41) is 3.18. The van der Waals surface area contributed by atoms with Crippen molar-refractivity contribution in [3.63, 3.8) is 0 Å². The standard InChI is InChI=1S/C15H20IN3O2/c1-21-14-7-12(17)11(16)6-10(14)15(20)18-13-8-19-4-2-9(13)3-5-19/h6-7,9,13H,2-5,8,17H2,1H3,(H,18,20)/t13-/m0/s1. The molecular weight excluding hydrogens is 381 g/mol. The van der Waals surface area contributed by atoms with Gasteiger partial charge < -0.3 is 20.7 Å². The molecule has 0 radical (unpaired) electrons. The van der Waals surface area contributed by atoms with Crippen LogP contribution in [0.3, 0.4) is 0 Å². The van der Waals surface area contributed by atoms with Gasteiger partial charge in [-0.15, -0.1) is 0 Å². The first-order valence-corrected chi connectivity index (χ1v) is 8.32. The lowest BCUT2D eigenvalue weighted by Gasteiger charge is -2.44. The Labute approximate surface area is 138 Å². The summed E-state index contributed by atoms with van der Waals surface area (Å²) in [6, 6.07) is 3.76. The van der Waals surface area contributed by atoms with Crippen LogP contribution >= 0.6 is 22.6 Å². The summed E-state index contributed by atoms with van der Waals surface area (Å²) in [6.07, 6.45) is 2.36. The van der Waals surface area contributed by atoms with Crippen LogP contribution in [0.25, 0.3) is 0 Å². The Bertz CT molecular complexity index is 556. The summed E-state index contributed by atoms with van der Waals surface area (Å²) in [6.45, 7) is 3.30. The lowest BCUT2D eigenvalue weighted by atomic mass is 9.84. The zero-order valence-corrected chi connectivity index (χ0v) is 14.2. The molecule has 0 spiro atoms. The molecule has 0 aliphatic carbocycles. The quantitative estimate of drug-likeness (QED) is 0.598. The summed E-state index contributed by atoms with van der Waals surface area (Å²) < 4.78 is 6.17. The molecule has 3 aliphatic heterocycles. The maximum Gasteiger partial charge on any atom is 0.255 e. The van der Waals surface area contributed by atoms with Gasteiger partial charge >= 0.3 is 0 Å². The molecule has 6 heteroatoms. The van der Waals surface area contributed by atoms with E-state index in [1.165, 1.54) is 25.9 Å². The third-order valence-corrected chi connectivity index (χ3v) is 5.47. The van der Waals surface area contributed by atoms with E-state index in [1.807, 2.05) is 0 Å². The number of carbonyl (C=O) groups is 1. The number of benzene rings is 1. The minimum atomic E-state index is -0.0662. The number of nitrogens with zero attached hydrogens (tertiary/aromatic N) is 1. The van der Waals surface area contributed by atoms with Crippen molar-refractivity contribution in [1.82, 2.24) is 10.2 Å². The van der Waals surface area contributed by atoms with E-state index in [9.17, 15) is 4.79 Å². The predicted molar refractivity (Wildman–Crippen MR) is 90.5 cm³/mol. The SMILES string of the molecule is COc1cc(N)c(I)cc1C(=O)N[C@H]1CN2CCC1CC2. The number of anilines is 1. The van der Waals surface area contributed by atoms with Crippen molar-refractivity contribution in [3.8, 4) is 5.75 Å². The summed E-state index contributed by atoms with van der Waals surface area (Å²) in [7, 11) is 1.56. The Balaban J connectivity index is 1.78. The van der Waals surface area contributed by atoms with E-state index in [0.717, 1.165) is 10.1 Å². The molecule has 3 saturated heterocycles. The summed E-state index contributed by atoms with van der Waals surface area (Å²) in [5.41, 5.74) is 7.07. The van der Waals surface area contributed by atoms with E-state index in [-0.39, 0.29) is 11.9 Å². The van der Waals surface area contributed by atoms with Crippen LogP contribution in [0.4, 0.5) is 5.69 Å². The maximum absolute atomic E-state index is 12.6. The van der Waals surface area contributed by atoms with Crippen LogP contribution in [0.15, 0.2) is 12.1 Å². The number of nitrogens with one attached hydrogen (secondary N) is 1. The van der Waals surface area contributed by atoms with E-state index < -0.39 is 0 Å². The summed E-state index contributed by atoms with van der Waals surface area (Å²) in [4.78, 5) is 15.0. The number of rotatable bonds is 3. The van der Waals surface area contributed by atoms with Crippen molar-refractivity contribution >= 4 is 34.2 Å². The monoisotopic (exact) mass is 401 g/mol. The number of fused-ring (bicyclic) bond motifs is 3. The molecule has 1 amide bonds. The molecule has 3 fully saturated rings. The topological polar surface area (TPSA) is 67.6 Å². The number of amides is 1. The molecule has 3 heterocycles. The Morgan fingerprint density at radius 3 is 2.71 bits per heavy atom. The number of methoxy groups -OCH3 is 1. The lowest BCUT2D eigenvalue weighted by molar-refractivity contribution is 0.0619. The number of ether oxygens (including phenoxy) is 1. The first-order chi connectivity index (χ1) is 10.1. The Morgan fingerprint density at radius 2 is 2.14 bits per heavy atom. The van der Waals surface area contributed by atoms with Gasteiger partial charge in [0.15, 0.2) is 0 Å².